The molecule has 0 saturated carbocycles. The Morgan fingerprint density at radius 2 is 1.94 bits per heavy atom. The Morgan fingerprint density at radius 3 is 2.50 bits per heavy atom. The van der Waals surface area contributed by atoms with Gasteiger partial charge in [-0.2, -0.15) is 0 Å². The molecule has 0 aliphatic rings. The Labute approximate surface area is 113 Å². The van der Waals surface area contributed by atoms with Crippen molar-refractivity contribution in [3.63, 3.8) is 0 Å². The van der Waals surface area contributed by atoms with Crippen LogP contribution in [0.25, 0.3) is 0 Å². The molecule has 1 aromatic carbocycles. The van der Waals surface area contributed by atoms with Gasteiger partial charge >= 0.3 is 6.03 Å². The number of aliphatic hydroxyl groups is 1. The molecule has 0 saturated heterocycles. The van der Waals surface area contributed by atoms with Crippen molar-refractivity contribution in [2.75, 3.05) is 32.7 Å². The number of anilines is 1. The first kappa shape index (κ1) is 14.6. The summed E-state index contributed by atoms with van der Waals surface area (Å²) < 4.78 is 10.9. The van der Waals surface area contributed by atoms with Gasteiger partial charge in [-0.3, -0.25) is 0 Å². The molecule has 1 aromatic rings. The number of aliphatic hydroxyl groups excluding tert-OH is 1. The first-order valence-corrected chi connectivity index (χ1v) is 5.99. The molecule has 0 fully saturated rings. The van der Waals surface area contributed by atoms with Crippen LogP contribution in [-0.4, -0.2) is 38.5 Å². The standard InChI is InChI=1S/C11H15BrN2O4/c1-17-9-5-7(12)8(6-10(9)18-2)14-11(16)13-3-4-15/h5-6,15H,3-4H2,1-2H3,(H2,13,14,16). The number of methoxy groups -OCH3 is 2. The number of halogens is 1. The number of rotatable bonds is 5. The second-order valence-corrected chi connectivity index (χ2v) is 4.15. The van der Waals surface area contributed by atoms with Gasteiger partial charge in [0.05, 0.1) is 26.5 Å². The quantitative estimate of drug-likeness (QED) is 0.770. The van der Waals surface area contributed by atoms with Crippen LogP contribution in [0.2, 0.25) is 0 Å². The van der Waals surface area contributed by atoms with Gasteiger partial charge in [-0.15, -0.1) is 0 Å². The maximum atomic E-state index is 11.5. The van der Waals surface area contributed by atoms with Gasteiger partial charge in [-0.1, -0.05) is 0 Å². The highest BCUT2D eigenvalue weighted by Gasteiger charge is 2.11. The van der Waals surface area contributed by atoms with Crippen molar-refractivity contribution in [2.45, 2.75) is 0 Å². The van der Waals surface area contributed by atoms with Crippen molar-refractivity contribution in [2.24, 2.45) is 0 Å². The molecule has 6 nitrogen and oxygen atoms in total. The average molecular weight is 319 g/mol. The molecular weight excluding hydrogens is 304 g/mol. The molecule has 0 radical (unpaired) electrons. The van der Waals surface area contributed by atoms with Gasteiger partial charge in [-0.05, 0) is 15.9 Å². The van der Waals surface area contributed by atoms with E-state index in [-0.39, 0.29) is 13.2 Å². The molecule has 0 aromatic heterocycles. The lowest BCUT2D eigenvalue weighted by Gasteiger charge is -2.13. The lowest BCUT2D eigenvalue weighted by molar-refractivity contribution is 0.245. The first-order chi connectivity index (χ1) is 8.62. The van der Waals surface area contributed by atoms with Crippen LogP contribution >= 0.6 is 15.9 Å². The van der Waals surface area contributed by atoms with Crippen LogP contribution in [0.5, 0.6) is 11.5 Å². The second-order valence-electron chi connectivity index (χ2n) is 3.29. The van der Waals surface area contributed by atoms with E-state index in [9.17, 15) is 4.79 Å². The third-order valence-electron chi connectivity index (χ3n) is 2.12. The molecule has 7 heteroatoms. The van der Waals surface area contributed by atoms with Crippen molar-refractivity contribution in [3.8, 4) is 11.5 Å². The van der Waals surface area contributed by atoms with Crippen LogP contribution in [0.4, 0.5) is 10.5 Å². The van der Waals surface area contributed by atoms with E-state index in [0.717, 1.165) is 0 Å². The monoisotopic (exact) mass is 318 g/mol. The largest absolute Gasteiger partial charge is 0.493 e. The first-order valence-electron chi connectivity index (χ1n) is 5.19. The number of ether oxygens (including phenoxy) is 2. The molecule has 0 aliphatic heterocycles. The zero-order valence-corrected chi connectivity index (χ0v) is 11.7. The summed E-state index contributed by atoms with van der Waals surface area (Å²) >= 11 is 3.32. The lowest BCUT2D eigenvalue weighted by Crippen LogP contribution is -2.31. The van der Waals surface area contributed by atoms with Crippen molar-refractivity contribution in [1.29, 1.82) is 0 Å². The topological polar surface area (TPSA) is 79.8 Å². The fraction of sp³-hybridized carbons (Fsp3) is 0.364. The van der Waals surface area contributed by atoms with Gasteiger partial charge < -0.3 is 25.2 Å². The summed E-state index contributed by atoms with van der Waals surface area (Å²) in [6, 6.07) is 2.93. The fourth-order valence-corrected chi connectivity index (χ4v) is 1.71. The molecule has 1 rings (SSSR count). The van der Waals surface area contributed by atoms with Crippen LogP contribution in [0.15, 0.2) is 16.6 Å². The van der Waals surface area contributed by atoms with E-state index in [2.05, 4.69) is 26.6 Å². The molecule has 0 heterocycles. The summed E-state index contributed by atoms with van der Waals surface area (Å²) in [6.45, 7) is 0.0806. The van der Waals surface area contributed by atoms with Gasteiger partial charge in [0.25, 0.3) is 0 Å². The van der Waals surface area contributed by atoms with Crippen LogP contribution in [0.3, 0.4) is 0 Å². The Morgan fingerprint density at radius 1 is 1.33 bits per heavy atom. The summed E-state index contributed by atoms with van der Waals surface area (Å²) in [5.74, 6) is 1.07. The molecule has 100 valence electrons. The second kappa shape index (κ2) is 7.07. The van der Waals surface area contributed by atoms with Gasteiger partial charge in [0.15, 0.2) is 11.5 Å². The SMILES string of the molecule is COc1cc(Br)c(NC(=O)NCCO)cc1OC. The maximum absolute atomic E-state index is 11.5. The molecule has 2 amide bonds. The number of urea groups is 1. The number of nitrogens with one attached hydrogen (secondary N) is 2. The minimum Gasteiger partial charge on any atom is -0.493 e. The number of benzene rings is 1. The van der Waals surface area contributed by atoms with E-state index in [1.807, 2.05) is 0 Å². The molecule has 0 atom stereocenters. The van der Waals surface area contributed by atoms with E-state index in [1.54, 1.807) is 12.1 Å². The van der Waals surface area contributed by atoms with Crippen molar-refractivity contribution in [1.82, 2.24) is 5.32 Å². The van der Waals surface area contributed by atoms with Crippen LogP contribution in [0.1, 0.15) is 0 Å². The zero-order valence-electron chi connectivity index (χ0n) is 10.1. The number of hydrogen-bond donors (Lipinski definition) is 3. The maximum Gasteiger partial charge on any atom is 0.319 e. The van der Waals surface area contributed by atoms with Crippen LogP contribution in [0, 0.1) is 0 Å². The Balaban J connectivity index is 2.85. The van der Waals surface area contributed by atoms with Gasteiger partial charge in [-0.25, -0.2) is 4.79 Å². The number of carbonyl (C=O) groups excluding carboxylic acids is 1. The van der Waals surface area contributed by atoms with E-state index >= 15 is 0 Å². The Kier molecular flexibility index (Phi) is 5.73. The summed E-state index contributed by atoms with van der Waals surface area (Å²) in [5.41, 5.74) is 0.545. The van der Waals surface area contributed by atoms with E-state index in [0.29, 0.717) is 21.7 Å². The zero-order chi connectivity index (χ0) is 13.5. The highest BCUT2D eigenvalue weighted by atomic mass is 79.9. The Hall–Kier alpha value is -1.47. The normalized spacial score (nSPS) is 9.78. The van der Waals surface area contributed by atoms with E-state index < -0.39 is 6.03 Å². The van der Waals surface area contributed by atoms with Crippen molar-refractivity contribution in [3.05, 3.63) is 16.6 Å². The number of amides is 2. The third kappa shape index (κ3) is 3.78. The van der Waals surface area contributed by atoms with Crippen molar-refractivity contribution >= 4 is 27.6 Å². The number of hydrogen-bond acceptors (Lipinski definition) is 4. The van der Waals surface area contributed by atoms with Crippen molar-refractivity contribution < 1.29 is 19.4 Å². The minimum atomic E-state index is -0.406. The molecule has 0 spiro atoms. The molecule has 0 aliphatic carbocycles. The van der Waals surface area contributed by atoms with Crippen LogP contribution < -0.4 is 20.1 Å². The average Bonchev–Trinajstić information content (AvgIpc) is 2.38. The summed E-state index contributed by atoms with van der Waals surface area (Å²) in [6.07, 6.45) is 0. The Bertz CT molecular complexity index is 426. The predicted molar refractivity (Wildman–Crippen MR) is 71.4 cm³/mol. The molecule has 0 bridgehead atoms. The smallest absolute Gasteiger partial charge is 0.319 e. The van der Waals surface area contributed by atoms with Crippen LogP contribution in [-0.2, 0) is 0 Å². The number of carbonyl (C=O) groups is 1. The molecule has 3 N–H and O–H groups in total. The summed E-state index contributed by atoms with van der Waals surface area (Å²) in [7, 11) is 3.05. The lowest BCUT2D eigenvalue weighted by atomic mass is 10.2. The van der Waals surface area contributed by atoms with Gasteiger partial charge in [0.2, 0.25) is 0 Å². The van der Waals surface area contributed by atoms with Gasteiger partial charge in [0, 0.05) is 23.2 Å². The molecule has 0 unspecified atom stereocenters. The molecular formula is C11H15BrN2O4. The highest BCUT2D eigenvalue weighted by Crippen LogP contribution is 2.36. The van der Waals surface area contributed by atoms with E-state index in [4.69, 9.17) is 14.6 Å². The van der Waals surface area contributed by atoms with E-state index in [1.165, 1.54) is 14.2 Å². The molecule has 18 heavy (non-hydrogen) atoms. The highest BCUT2D eigenvalue weighted by molar-refractivity contribution is 9.10. The van der Waals surface area contributed by atoms with Gasteiger partial charge in [0.1, 0.15) is 0 Å². The third-order valence-corrected chi connectivity index (χ3v) is 2.77. The summed E-state index contributed by atoms with van der Waals surface area (Å²) in [5, 5.41) is 13.7. The predicted octanol–water partition coefficient (Wildman–Crippen LogP) is 1.58. The fourth-order valence-electron chi connectivity index (χ4n) is 1.29. The summed E-state index contributed by atoms with van der Waals surface area (Å²) in [4.78, 5) is 11.5. The minimum absolute atomic E-state index is 0.111.